The third-order valence-corrected chi connectivity index (χ3v) is 3.68. The number of rotatable bonds is 5. The summed E-state index contributed by atoms with van der Waals surface area (Å²) < 4.78 is 27.7. The standard InChI is InChI=1S/C16H15BrF2N2O/c1-10-5-6-14(11(17)9-10)20-8-7-15(22)21-16-12(18)3-2-4-13(16)19/h2-6,9,20H,7-8H2,1H3,(H,21,22). The molecule has 0 saturated carbocycles. The average molecular weight is 369 g/mol. The molecule has 0 atom stereocenters. The fourth-order valence-corrected chi connectivity index (χ4v) is 2.53. The molecule has 116 valence electrons. The topological polar surface area (TPSA) is 41.1 Å². The Hall–Kier alpha value is -1.95. The summed E-state index contributed by atoms with van der Waals surface area (Å²) in [6.45, 7) is 2.33. The molecule has 0 fully saturated rings. The van der Waals surface area contributed by atoms with E-state index in [1.165, 1.54) is 6.07 Å². The van der Waals surface area contributed by atoms with Crippen LogP contribution in [0, 0.1) is 18.6 Å². The first-order chi connectivity index (χ1) is 10.5. The Morgan fingerprint density at radius 2 is 1.86 bits per heavy atom. The third-order valence-electron chi connectivity index (χ3n) is 3.02. The lowest BCUT2D eigenvalue weighted by molar-refractivity contribution is -0.116. The van der Waals surface area contributed by atoms with Crippen LogP contribution in [0.5, 0.6) is 0 Å². The van der Waals surface area contributed by atoms with Gasteiger partial charge in [-0.15, -0.1) is 0 Å². The van der Waals surface area contributed by atoms with Gasteiger partial charge in [0.25, 0.3) is 0 Å². The highest BCUT2D eigenvalue weighted by atomic mass is 79.9. The predicted molar refractivity (Wildman–Crippen MR) is 87.0 cm³/mol. The van der Waals surface area contributed by atoms with Gasteiger partial charge in [-0.1, -0.05) is 12.1 Å². The van der Waals surface area contributed by atoms with Crippen LogP contribution in [0.1, 0.15) is 12.0 Å². The molecule has 0 aliphatic carbocycles. The lowest BCUT2D eigenvalue weighted by Gasteiger charge is -2.10. The van der Waals surface area contributed by atoms with Crippen LogP contribution in [-0.4, -0.2) is 12.5 Å². The lowest BCUT2D eigenvalue weighted by atomic mass is 10.2. The van der Waals surface area contributed by atoms with Crippen LogP contribution in [0.25, 0.3) is 0 Å². The van der Waals surface area contributed by atoms with Crippen LogP contribution in [0.3, 0.4) is 0 Å². The van der Waals surface area contributed by atoms with Gasteiger partial charge in [0.15, 0.2) is 0 Å². The maximum atomic E-state index is 13.4. The zero-order valence-corrected chi connectivity index (χ0v) is 13.5. The summed E-state index contributed by atoms with van der Waals surface area (Å²) in [7, 11) is 0. The minimum absolute atomic E-state index is 0.0914. The van der Waals surface area contributed by atoms with E-state index in [2.05, 4.69) is 26.6 Å². The molecular formula is C16H15BrF2N2O. The van der Waals surface area contributed by atoms with E-state index in [0.29, 0.717) is 6.54 Å². The number of aryl methyl sites for hydroxylation is 1. The van der Waals surface area contributed by atoms with Gasteiger partial charge in [-0.25, -0.2) is 8.78 Å². The van der Waals surface area contributed by atoms with E-state index in [4.69, 9.17) is 0 Å². The van der Waals surface area contributed by atoms with Gasteiger partial charge in [-0.3, -0.25) is 4.79 Å². The molecule has 0 bridgehead atoms. The van der Waals surface area contributed by atoms with E-state index in [0.717, 1.165) is 27.9 Å². The minimum atomic E-state index is -0.789. The van der Waals surface area contributed by atoms with Gasteiger partial charge in [0.1, 0.15) is 17.3 Å². The van der Waals surface area contributed by atoms with Crippen molar-refractivity contribution in [3.8, 4) is 0 Å². The van der Waals surface area contributed by atoms with E-state index in [-0.39, 0.29) is 6.42 Å². The van der Waals surface area contributed by atoms with Crippen molar-refractivity contribution in [3.63, 3.8) is 0 Å². The summed E-state index contributed by atoms with van der Waals surface area (Å²) >= 11 is 3.42. The number of amides is 1. The van der Waals surface area contributed by atoms with Gasteiger partial charge in [-0.05, 0) is 52.7 Å². The summed E-state index contributed by atoms with van der Waals surface area (Å²) in [6, 6.07) is 9.24. The molecule has 6 heteroatoms. The Bertz CT molecular complexity index is 672. The summed E-state index contributed by atoms with van der Waals surface area (Å²) in [5, 5.41) is 5.34. The number of halogens is 3. The number of para-hydroxylation sites is 1. The number of benzene rings is 2. The van der Waals surface area contributed by atoms with Crippen LogP contribution < -0.4 is 10.6 Å². The molecule has 0 spiro atoms. The quantitative estimate of drug-likeness (QED) is 0.816. The first kappa shape index (κ1) is 16.4. The van der Waals surface area contributed by atoms with Gasteiger partial charge in [0, 0.05) is 23.1 Å². The molecule has 2 rings (SSSR count). The number of carbonyl (C=O) groups excluding carboxylic acids is 1. The number of anilines is 2. The minimum Gasteiger partial charge on any atom is -0.384 e. The zero-order valence-electron chi connectivity index (χ0n) is 11.9. The smallest absolute Gasteiger partial charge is 0.226 e. The van der Waals surface area contributed by atoms with E-state index < -0.39 is 23.2 Å². The number of nitrogens with one attached hydrogen (secondary N) is 2. The number of carbonyl (C=O) groups is 1. The molecule has 0 saturated heterocycles. The molecule has 2 aromatic carbocycles. The molecule has 0 aliphatic rings. The van der Waals surface area contributed by atoms with Crippen molar-refractivity contribution in [1.29, 1.82) is 0 Å². The molecule has 0 aromatic heterocycles. The zero-order chi connectivity index (χ0) is 16.1. The SMILES string of the molecule is Cc1ccc(NCCC(=O)Nc2c(F)cccc2F)c(Br)c1. The van der Waals surface area contributed by atoms with Crippen molar-refractivity contribution in [1.82, 2.24) is 0 Å². The first-order valence-electron chi connectivity index (χ1n) is 6.71. The second-order valence-electron chi connectivity index (χ2n) is 4.80. The van der Waals surface area contributed by atoms with Crippen LogP contribution in [-0.2, 0) is 4.79 Å². The maximum absolute atomic E-state index is 13.4. The van der Waals surface area contributed by atoms with Crippen LogP contribution in [0.4, 0.5) is 20.2 Å². The summed E-state index contributed by atoms with van der Waals surface area (Å²) in [6.07, 6.45) is 0.0914. The van der Waals surface area contributed by atoms with Crippen LogP contribution >= 0.6 is 15.9 Å². The van der Waals surface area contributed by atoms with Crippen molar-refractivity contribution in [3.05, 3.63) is 58.1 Å². The van der Waals surface area contributed by atoms with Gasteiger partial charge in [-0.2, -0.15) is 0 Å². The Labute approximate surface area is 135 Å². The first-order valence-corrected chi connectivity index (χ1v) is 7.50. The highest BCUT2D eigenvalue weighted by Crippen LogP contribution is 2.23. The summed E-state index contributed by atoms with van der Waals surface area (Å²) in [4.78, 5) is 11.7. The van der Waals surface area contributed by atoms with Gasteiger partial charge in [0.2, 0.25) is 5.91 Å². The van der Waals surface area contributed by atoms with Crippen molar-refractivity contribution in [2.24, 2.45) is 0 Å². The van der Waals surface area contributed by atoms with E-state index in [1.54, 1.807) is 0 Å². The van der Waals surface area contributed by atoms with Crippen molar-refractivity contribution in [2.45, 2.75) is 13.3 Å². The average Bonchev–Trinajstić information content (AvgIpc) is 2.45. The molecule has 3 nitrogen and oxygen atoms in total. The molecular weight excluding hydrogens is 354 g/mol. The second-order valence-corrected chi connectivity index (χ2v) is 5.66. The monoisotopic (exact) mass is 368 g/mol. The Balaban J connectivity index is 1.88. The molecule has 2 aromatic rings. The van der Waals surface area contributed by atoms with Gasteiger partial charge >= 0.3 is 0 Å². The van der Waals surface area contributed by atoms with Crippen LogP contribution in [0.2, 0.25) is 0 Å². The predicted octanol–water partition coefficient (Wildman–Crippen LogP) is 4.48. The Kier molecular flexibility index (Phi) is 5.49. The van der Waals surface area contributed by atoms with Crippen LogP contribution in [0.15, 0.2) is 40.9 Å². The second kappa shape index (κ2) is 7.35. The highest BCUT2D eigenvalue weighted by molar-refractivity contribution is 9.10. The molecule has 0 aliphatic heterocycles. The molecule has 0 heterocycles. The van der Waals surface area contributed by atoms with Crippen molar-refractivity contribution < 1.29 is 13.6 Å². The number of hydrogen-bond acceptors (Lipinski definition) is 2. The third kappa shape index (κ3) is 4.27. The van der Waals surface area contributed by atoms with E-state index in [9.17, 15) is 13.6 Å². The molecule has 0 unspecified atom stereocenters. The highest BCUT2D eigenvalue weighted by Gasteiger charge is 2.11. The summed E-state index contributed by atoms with van der Waals surface area (Å²) in [5.41, 5.74) is 1.56. The molecule has 1 amide bonds. The largest absolute Gasteiger partial charge is 0.384 e. The maximum Gasteiger partial charge on any atom is 0.226 e. The van der Waals surface area contributed by atoms with Gasteiger partial charge < -0.3 is 10.6 Å². The van der Waals surface area contributed by atoms with Crippen molar-refractivity contribution in [2.75, 3.05) is 17.2 Å². The van der Waals surface area contributed by atoms with Crippen molar-refractivity contribution >= 4 is 33.2 Å². The molecule has 0 radical (unpaired) electrons. The van der Waals surface area contributed by atoms with E-state index in [1.807, 2.05) is 25.1 Å². The number of hydrogen-bond donors (Lipinski definition) is 2. The fraction of sp³-hybridized carbons (Fsp3) is 0.188. The van der Waals surface area contributed by atoms with E-state index >= 15 is 0 Å². The molecule has 2 N–H and O–H groups in total. The molecule has 22 heavy (non-hydrogen) atoms. The lowest BCUT2D eigenvalue weighted by Crippen LogP contribution is -2.18. The fourth-order valence-electron chi connectivity index (χ4n) is 1.89. The normalized spacial score (nSPS) is 10.4. The summed E-state index contributed by atoms with van der Waals surface area (Å²) in [5.74, 6) is -2.04. The Morgan fingerprint density at radius 3 is 2.50 bits per heavy atom. The Morgan fingerprint density at radius 1 is 1.18 bits per heavy atom. The van der Waals surface area contributed by atoms with Gasteiger partial charge in [0.05, 0.1) is 0 Å².